The summed E-state index contributed by atoms with van der Waals surface area (Å²) in [6.45, 7) is 9.71. The molecule has 0 unspecified atom stereocenters. The molecule has 0 bridgehead atoms. The van der Waals surface area contributed by atoms with Crippen LogP contribution in [0.2, 0.25) is 0 Å². The molecule has 0 atom stereocenters. The molecule has 0 radical (unpaired) electrons. The standard InChI is InChI=1S/C15H23N3O3/c1-11(2)17(12(3)4)9-8-16-15(19)13-6-5-7-14(10-13)18(20)21/h5-7,10-12H,8-9H2,1-4H3,(H,16,19). The minimum atomic E-state index is -0.504. The molecule has 0 spiro atoms. The van der Waals surface area contributed by atoms with Crippen molar-refractivity contribution in [2.24, 2.45) is 0 Å². The second kappa shape index (κ2) is 7.73. The second-order valence-electron chi connectivity index (χ2n) is 5.49. The molecule has 1 aromatic rings. The molecule has 0 aliphatic carbocycles. The maximum Gasteiger partial charge on any atom is 0.270 e. The Balaban J connectivity index is 2.58. The van der Waals surface area contributed by atoms with Gasteiger partial charge in [0.05, 0.1) is 4.92 Å². The minimum absolute atomic E-state index is 0.0753. The van der Waals surface area contributed by atoms with Gasteiger partial charge >= 0.3 is 0 Å². The van der Waals surface area contributed by atoms with Gasteiger partial charge in [-0.15, -0.1) is 0 Å². The van der Waals surface area contributed by atoms with Crippen LogP contribution in [-0.4, -0.2) is 40.9 Å². The Hall–Kier alpha value is -1.95. The lowest BCUT2D eigenvalue weighted by Crippen LogP contribution is -2.42. The van der Waals surface area contributed by atoms with Crippen molar-refractivity contribution >= 4 is 11.6 Å². The van der Waals surface area contributed by atoms with E-state index in [2.05, 4.69) is 37.9 Å². The molecule has 1 N–H and O–H groups in total. The molecular weight excluding hydrogens is 270 g/mol. The summed E-state index contributed by atoms with van der Waals surface area (Å²) in [7, 11) is 0. The van der Waals surface area contributed by atoms with Crippen LogP contribution in [0, 0.1) is 10.1 Å². The molecule has 0 saturated carbocycles. The van der Waals surface area contributed by atoms with Crippen LogP contribution in [0.3, 0.4) is 0 Å². The number of amides is 1. The van der Waals surface area contributed by atoms with E-state index in [1.165, 1.54) is 18.2 Å². The number of nitrogens with zero attached hydrogens (tertiary/aromatic N) is 2. The van der Waals surface area contributed by atoms with Crippen molar-refractivity contribution in [3.63, 3.8) is 0 Å². The Labute approximate surface area is 125 Å². The van der Waals surface area contributed by atoms with E-state index in [-0.39, 0.29) is 11.6 Å². The topological polar surface area (TPSA) is 75.5 Å². The summed E-state index contributed by atoms with van der Waals surface area (Å²) in [4.78, 5) is 24.5. The predicted octanol–water partition coefficient (Wildman–Crippen LogP) is 2.44. The Bertz CT molecular complexity index is 493. The van der Waals surface area contributed by atoms with Gasteiger partial charge in [-0.1, -0.05) is 6.07 Å². The average molecular weight is 293 g/mol. The van der Waals surface area contributed by atoms with Crippen LogP contribution in [0.5, 0.6) is 0 Å². The summed E-state index contributed by atoms with van der Waals surface area (Å²) in [5.41, 5.74) is 0.235. The van der Waals surface area contributed by atoms with Gasteiger partial charge in [0.1, 0.15) is 0 Å². The molecule has 1 aromatic carbocycles. The molecule has 1 rings (SSSR count). The molecule has 0 aromatic heterocycles. The van der Waals surface area contributed by atoms with Gasteiger partial charge in [0, 0.05) is 42.9 Å². The number of benzene rings is 1. The van der Waals surface area contributed by atoms with E-state index in [1.54, 1.807) is 6.07 Å². The number of hydrogen-bond acceptors (Lipinski definition) is 4. The van der Waals surface area contributed by atoms with Gasteiger partial charge in [0.2, 0.25) is 0 Å². The highest BCUT2D eigenvalue weighted by atomic mass is 16.6. The molecule has 0 aliphatic heterocycles. The van der Waals surface area contributed by atoms with Crippen LogP contribution in [0.15, 0.2) is 24.3 Å². The predicted molar refractivity (Wildman–Crippen MR) is 82.4 cm³/mol. The molecule has 21 heavy (non-hydrogen) atoms. The maximum atomic E-state index is 12.0. The van der Waals surface area contributed by atoms with Crippen molar-refractivity contribution in [1.29, 1.82) is 0 Å². The van der Waals surface area contributed by atoms with Gasteiger partial charge in [-0.05, 0) is 33.8 Å². The minimum Gasteiger partial charge on any atom is -0.351 e. The van der Waals surface area contributed by atoms with Gasteiger partial charge in [-0.25, -0.2) is 0 Å². The highest BCUT2D eigenvalue weighted by molar-refractivity contribution is 5.94. The lowest BCUT2D eigenvalue weighted by Gasteiger charge is -2.30. The largest absolute Gasteiger partial charge is 0.351 e. The molecule has 6 heteroatoms. The molecule has 6 nitrogen and oxygen atoms in total. The fourth-order valence-electron chi connectivity index (χ4n) is 2.27. The molecular formula is C15H23N3O3. The number of nitro benzene ring substituents is 1. The quantitative estimate of drug-likeness (QED) is 0.619. The number of hydrogen-bond donors (Lipinski definition) is 1. The zero-order valence-electron chi connectivity index (χ0n) is 13.0. The van der Waals surface area contributed by atoms with E-state index in [4.69, 9.17) is 0 Å². The Morgan fingerprint density at radius 2 is 1.90 bits per heavy atom. The molecule has 1 amide bonds. The number of nitro groups is 1. The third-order valence-electron chi connectivity index (χ3n) is 3.30. The number of carbonyl (C=O) groups is 1. The fraction of sp³-hybridized carbons (Fsp3) is 0.533. The normalized spacial score (nSPS) is 11.2. The third-order valence-corrected chi connectivity index (χ3v) is 3.30. The van der Waals surface area contributed by atoms with Gasteiger partial charge in [-0.2, -0.15) is 0 Å². The first-order valence-electron chi connectivity index (χ1n) is 7.11. The van der Waals surface area contributed by atoms with Crippen molar-refractivity contribution in [2.45, 2.75) is 39.8 Å². The van der Waals surface area contributed by atoms with E-state index in [0.717, 1.165) is 6.54 Å². The molecule has 0 saturated heterocycles. The lowest BCUT2D eigenvalue weighted by atomic mass is 10.2. The van der Waals surface area contributed by atoms with Crippen LogP contribution in [0.25, 0.3) is 0 Å². The van der Waals surface area contributed by atoms with Crippen molar-refractivity contribution in [1.82, 2.24) is 10.2 Å². The number of nitrogens with one attached hydrogen (secondary N) is 1. The second-order valence-corrected chi connectivity index (χ2v) is 5.49. The highest BCUT2D eigenvalue weighted by Crippen LogP contribution is 2.12. The summed E-state index contributed by atoms with van der Waals surface area (Å²) in [5.74, 6) is -0.286. The maximum absolute atomic E-state index is 12.0. The summed E-state index contributed by atoms with van der Waals surface area (Å²) in [6, 6.07) is 6.56. The van der Waals surface area contributed by atoms with Crippen molar-refractivity contribution in [2.75, 3.05) is 13.1 Å². The Morgan fingerprint density at radius 3 is 2.43 bits per heavy atom. The van der Waals surface area contributed by atoms with Crippen LogP contribution in [0.1, 0.15) is 38.1 Å². The number of carbonyl (C=O) groups excluding carboxylic acids is 1. The van der Waals surface area contributed by atoms with Gasteiger partial charge in [0.25, 0.3) is 11.6 Å². The fourth-order valence-corrected chi connectivity index (χ4v) is 2.27. The summed E-state index contributed by atoms with van der Waals surface area (Å²) in [5, 5.41) is 13.5. The zero-order chi connectivity index (χ0) is 16.0. The van der Waals surface area contributed by atoms with E-state index < -0.39 is 4.92 Å². The smallest absolute Gasteiger partial charge is 0.270 e. The Kier molecular flexibility index (Phi) is 6.30. The SMILES string of the molecule is CC(C)N(CCNC(=O)c1cccc([N+](=O)[O-])c1)C(C)C. The number of non-ortho nitro benzene ring substituents is 1. The van der Waals surface area contributed by atoms with E-state index in [1.807, 2.05) is 0 Å². The van der Waals surface area contributed by atoms with Crippen molar-refractivity contribution in [3.8, 4) is 0 Å². The van der Waals surface area contributed by atoms with Crippen molar-refractivity contribution < 1.29 is 9.72 Å². The van der Waals surface area contributed by atoms with Crippen molar-refractivity contribution in [3.05, 3.63) is 39.9 Å². The average Bonchev–Trinajstić information content (AvgIpc) is 2.42. The summed E-state index contributed by atoms with van der Waals surface area (Å²) in [6.07, 6.45) is 0. The van der Waals surface area contributed by atoms with E-state index in [0.29, 0.717) is 24.2 Å². The highest BCUT2D eigenvalue weighted by Gasteiger charge is 2.14. The zero-order valence-corrected chi connectivity index (χ0v) is 13.0. The van der Waals surface area contributed by atoms with Gasteiger partial charge < -0.3 is 5.32 Å². The molecule has 0 aliphatic rings. The molecule has 116 valence electrons. The van der Waals surface area contributed by atoms with Gasteiger partial charge in [-0.3, -0.25) is 19.8 Å². The molecule has 0 heterocycles. The first-order chi connectivity index (χ1) is 9.82. The number of rotatable bonds is 7. The van der Waals surface area contributed by atoms with E-state index >= 15 is 0 Å². The van der Waals surface area contributed by atoms with E-state index in [9.17, 15) is 14.9 Å². The third kappa shape index (κ3) is 5.15. The van der Waals surface area contributed by atoms with Crippen LogP contribution in [-0.2, 0) is 0 Å². The first kappa shape index (κ1) is 17.1. The first-order valence-corrected chi connectivity index (χ1v) is 7.11. The van der Waals surface area contributed by atoms with Crippen LogP contribution >= 0.6 is 0 Å². The van der Waals surface area contributed by atoms with Crippen LogP contribution in [0.4, 0.5) is 5.69 Å². The summed E-state index contributed by atoms with van der Waals surface area (Å²) < 4.78 is 0. The van der Waals surface area contributed by atoms with Gasteiger partial charge in [0.15, 0.2) is 0 Å². The monoisotopic (exact) mass is 293 g/mol. The Morgan fingerprint density at radius 1 is 1.29 bits per heavy atom. The lowest BCUT2D eigenvalue weighted by molar-refractivity contribution is -0.384. The molecule has 0 fully saturated rings. The van der Waals surface area contributed by atoms with Crippen LogP contribution < -0.4 is 5.32 Å². The summed E-state index contributed by atoms with van der Waals surface area (Å²) >= 11 is 0.